The summed E-state index contributed by atoms with van der Waals surface area (Å²) >= 11 is 0. The highest BCUT2D eigenvalue weighted by Crippen LogP contribution is 2.21. The quantitative estimate of drug-likeness (QED) is 0.0837. The van der Waals surface area contributed by atoms with E-state index in [1.165, 1.54) is 12.1 Å². The zero-order chi connectivity index (χ0) is 35.1. The van der Waals surface area contributed by atoms with E-state index in [0.717, 1.165) is 38.5 Å². The number of phenols is 1. The molecule has 256 valence electrons. The Labute approximate surface area is 283 Å². The van der Waals surface area contributed by atoms with Crippen LogP contribution in [0.4, 0.5) is 0 Å². The van der Waals surface area contributed by atoms with Gasteiger partial charge < -0.3 is 41.9 Å². The van der Waals surface area contributed by atoms with Crippen molar-refractivity contribution in [1.29, 1.82) is 0 Å². The van der Waals surface area contributed by atoms with Gasteiger partial charge in [-0.05, 0) is 59.7 Å². The van der Waals surface area contributed by atoms with Crippen LogP contribution in [0.5, 0.6) is 5.75 Å². The summed E-state index contributed by atoms with van der Waals surface area (Å²) in [6.45, 7) is 3.78. The van der Waals surface area contributed by atoms with Gasteiger partial charge in [-0.2, -0.15) is 0 Å². The fraction of sp³-hybridized carbons (Fsp3) is 0.297. The Kier molecular flexibility index (Phi) is 11.0. The van der Waals surface area contributed by atoms with Crippen LogP contribution in [-0.2, 0) is 38.4 Å². The molecule has 0 bridgehead atoms. The molecule has 0 saturated carbocycles. The Bertz CT molecular complexity index is 1930. The number of aromatic amines is 2. The molecule has 4 atom stereocenters. The van der Waals surface area contributed by atoms with Crippen molar-refractivity contribution in [1.82, 2.24) is 25.9 Å². The molecule has 5 aromatic rings. The Morgan fingerprint density at radius 3 is 1.71 bits per heavy atom. The molecule has 0 fully saturated rings. The summed E-state index contributed by atoms with van der Waals surface area (Å²) in [7, 11) is 0. The molecule has 0 aliphatic rings. The normalized spacial score (nSPS) is 13.9. The molecule has 0 aliphatic heterocycles. The predicted molar refractivity (Wildman–Crippen MR) is 187 cm³/mol. The molecule has 4 unspecified atom stereocenters. The highest BCUT2D eigenvalue weighted by molar-refractivity contribution is 5.95. The number of rotatable bonds is 15. The number of nitrogens with one attached hydrogen (secondary N) is 5. The second-order valence-electron chi connectivity index (χ2n) is 12.8. The van der Waals surface area contributed by atoms with Gasteiger partial charge in [0, 0.05) is 47.0 Å². The number of hydrogen-bond donors (Lipinski definition) is 8. The lowest BCUT2D eigenvalue weighted by atomic mass is 9.99. The number of carboxylic acids is 1. The van der Waals surface area contributed by atoms with E-state index in [4.69, 9.17) is 5.73 Å². The minimum absolute atomic E-state index is 0.0333. The predicted octanol–water partition coefficient (Wildman–Crippen LogP) is 3.30. The van der Waals surface area contributed by atoms with E-state index in [2.05, 4.69) is 25.9 Å². The largest absolute Gasteiger partial charge is 0.508 e. The van der Waals surface area contributed by atoms with Gasteiger partial charge in [0.25, 0.3) is 0 Å². The number of hydrogen-bond acceptors (Lipinski definition) is 6. The standard InChI is InChI=1S/C37H42N6O6/c1-21(2)15-31(35(46)43-33(37(48)49)18-24-20-40-30-10-6-4-8-27(24)30)42-36(47)32(17-23-19-39-29-9-5-3-7-26(23)29)41-34(45)28(38)16-22-11-13-25(44)14-12-22/h3-14,19-21,28,31-33,39-40,44H,15-18,38H2,1-2H3,(H,41,45)(H,42,47)(H,43,46)(H,48,49). The third kappa shape index (κ3) is 8.85. The van der Waals surface area contributed by atoms with Crippen molar-refractivity contribution in [3.63, 3.8) is 0 Å². The molecule has 2 aromatic heterocycles. The highest BCUT2D eigenvalue weighted by atomic mass is 16.4. The van der Waals surface area contributed by atoms with Gasteiger partial charge in [0.05, 0.1) is 6.04 Å². The molecule has 3 amide bonds. The molecule has 0 radical (unpaired) electrons. The molecule has 0 saturated heterocycles. The van der Waals surface area contributed by atoms with E-state index in [1.807, 2.05) is 62.4 Å². The summed E-state index contributed by atoms with van der Waals surface area (Å²) in [5.74, 6) is -2.98. The lowest BCUT2D eigenvalue weighted by molar-refractivity contribution is -0.142. The van der Waals surface area contributed by atoms with E-state index in [-0.39, 0.29) is 37.4 Å². The number of nitrogens with two attached hydrogens (primary N) is 1. The molecule has 3 aromatic carbocycles. The number of aliphatic carboxylic acids is 1. The molecule has 9 N–H and O–H groups in total. The van der Waals surface area contributed by atoms with Crippen LogP contribution in [0.1, 0.15) is 37.0 Å². The van der Waals surface area contributed by atoms with Crippen LogP contribution >= 0.6 is 0 Å². The number of para-hydroxylation sites is 2. The van der Waals surface area contributed by atoms with Crippen molar-refractivity contribution in [2.45, 2.75) is 63.7 Å². The lowest BCUT2D eigenvalue weighted by Crippen LogP contribution is -2.58. The Balaban J connectivity index is 1.34. The van der Waals surface area contributed by atoms with Crippen molar-refractivity contribution in [3.8, 4) is 5.75 Å². The monoisotopic (exact) mass is 666 g/mol. The minimum atomic E-state index is -1.25. The molecule has 49 heavy (non-hydrogen) atoms. The average Bonchev–Trinajstić information content (AvgIpc) is 3.68. The van der Waals surface area contributed by atoms with Crippen LogP contribution < -0.4 is 21.7 Å². The molecule has 0 spiro atoms. The molecule has 12 heteroatoms. The van der Waals surface area contributed by atoms with Gasteiger partial charge in [0.2, 0.25) is 17.7 Å². The van der Waals surface area contributed by atoms with Crippen LogP contribution in [0, 0.1) is 5.92 Å². The number of carboxylic acid groups (broad SMARTS) is 1. The van der Waals surface area contributed by atoms with Gasteiger partial charge in [0.15, 0.2) is 0 Å². The van der Waals surface area contributed by atoms with Gasteiger partial charge in [-0.15, -0.1) is 0 Å². The first-order valence-electron chi connectivity index (χ1n) is 16.3. The van der Waals surface area contributed by atoms with E-state index < -0.39 is 47.9 Å². The molecular formula is C37H42N6O6. The number of aromatic nitrogens is 2. The zero-order valence-electron chi connectivity index (χ0n) is 27.4. The van der Waals surface area contributed by atoms with Gasteiger partial charge in [-0.3, -0.25) is 14.4 Å². The smallest absolute Gasteiger partial charge is 0.326 e. The lowest BCUT2D eigenvalue weighted by Gasteiger charge is -2.26. The Morgan fingerprint density at radius 1 is 0.673 bits per heavy atom. The summed E-state index contributed by atoms with van der Waals surface area (Å²) in [6, 6.07) is 16.9. The number of carbonyl (C=O) groups excluding carboxylic acids is 3. The number of carbonyl (C=O) groups is 4. The topological polar surface area (TPSA) is 202 Å². The maximum atomic E-state index is 14.0. The van der Waals surface area contributed by atoms with Crippen LogP contribution in [0.3, 0.4) is 0 Å². The van der Waals surface area contributed by atoms with Crippen LogP contribution in [-0.4, -0.2) is 68.0 Å². The fourth-order valence-electron chi connectivity index (χ4n) is 5.96. The SMILES string of the molecule is CC(C)CC(NC(=O)C(Cc1c[nH]c2ccccc12)NC(=O)C(N)Cc1ccc(O)cc1)C(=O)NC(Cc1c[nH]c2ccccc12)C(=O)O. The molecule has 2 heterocycles. The number of phenolic OH excluding ortho intramolecular Hbond substituents is 1. The van der Waals surface area contributed by atoms with Crippen LogP contribution in [0.25, 0.3) is 21.8 Å². The third-order valence-electron chi connectivity index (χ3n) is 8.51. The minimum Gasteiger partial charge on any atom is -0.508 e. The van der Waals surface area contributed by atoms with Gasteiger partial charge >= 0.3 is 5.97 Å². The second kappa shape index (κ2) is 15.5. The number of benzene rings is 3. The summed E-state index contributed by atoms with van der Waals surface area (Å²) in [4.78, 5) is 59.6. The molecular weight excluding hydrogens is 624 g/mol. The van der Waals surface area contributed by atoms with Gasteiger partial charge in [0.1, 0.15) is 23.9 Å². The molecule has 5 rings (SSSR count). The van der Waals surface area contributed by atoms with Crippen LogP contribution in [0.2, 0.25) is 0 Å². The van der Waals surface area contributed by atoms with Crippen molar-refractivity contribution in [2.75, 3.05) is 0 Å². The number of aromatic hydroxyl groups is 1. The maximum absolute atomic E-state index is 14.0. The second-order valence-corrected chi connectivity index (χ2v) is 12.8. The van der Waals surface area contributed by atoms with Gasteiger partial charge in [-0.25, -0.2) is 4.79 Å². The zero-order valence-corrected chi connectivity index (χ0v) is 27.4. The number of amides is 3. The maximum Gasteiger partial charge on any atom is 0.326 e. The first-order chi connectivity index (χ1) is 23.5. The number of H-pyrrole nitrogens is 2. The van der Waals surface area contributed by atoms with E-state index in [0.29, 0.717) is 0 Å². The fourth-order valence-corrected chi connectivity index (χ4v) is 5.96. The summed E-state index contributed by atoms with van der Waals surface area (Å²) in [6.07, 6.45) is 4.02. The summed E-state index contributed by atoms with van der Waals surface area (Å²) in [5, 5.41) is 29.6. The molecule has 0 aliphatic carbocycles. The Morgan fingerprint density at radius 2 is 1.16 bits per heavy atom. The molecule has 12 nitrogen and oxygen atoms in total. The average molecular weight is 667 g/mol. The van der Waals surface area contributed by atoms with Crippen molar-refractivity contribution < 1.29 is 29.4 Å². The number of fused-ring (bicyclic) bond motifs is 2. The third-order valence-corrected chi connectivity index (χ3v) is 8.51. The first kappa shape index (κ1) is 34.7. The highest BCUT2D eigenvalue weighted by Gasteiger charge is 2.32. The first-order valence-corrected chi connectivity index (χ1v) is 16.3. The van der Waals surface area contributed by atoms with Crippen molar-refractivity contribution >= 4 is 45.5 Å². The van der Waals surface area contributed by atoms with E-state index in [1.54, 1.807) is 24.5 Å². The van der Waals surface area contributed by atoms with Crippen LogP contribution in [0.15, 0.2) is 85.2 Å². The van der Waals surface area contributed by atoms with Gasteiger partial charge in [-0.1, -0.05) is 62.4 Å². The Hall–Kier alpha value is -5.62. The van der Waals surface area contributed by atoms with Crippen molar-refractivity contribution in [2.24, 2.45) is 11.7 Å². The summed E-state index contributed by atoms with van der Waals surface area (Å²) in [5.41, 5.74) is 10.2. The van der Waals surface area contributed by atoms with Crippen molar-refractivity contribution in [3.05, 3.63) is 102 Å². The van der Waals surface area contributed by atoms with E-state index >= 15 is 0 Å². The van der Waals surface area contributed by atoms with E-state index in [9.17, 15) is 29.4 Å². The summed E-state index contributed by atoms with van der Waals surface area (Å²) < 4.78 is 0.